The molecule has 1 atom stereocenters. The van der Waals surface area contributed by atoms with Gasteiger partial charge in [0.2, 0.25) is 15.9 Å². The van der Waals surface area contributed by atoms with Crippen molar-refractivity contribution < 1.29 is 17.6 Å². The molecule has 0 saturated carbocycles. The van der Waals surface area contributed by atoms with Crippen LogP contribution in [0.5, 0.6) is 0 Å². The van der Waals surface area contributed by atoms with Gasteiger partial charge >= 0.3 is 0 Å². The minimum Gasteiger partial charge on any atom is -0.341 e. The second-order valence-electron chi connectivity index (χ2n) is 6.62. The highest BCUT2D eigenvalue weighted by atomic mass is 32.2. The highest BCUT2D eigenvalue weighted by Gasteiger charge is 2.29. The summed E-state index contributed by atoms with van der Waals surface area (Å²) in [4.78, 5) is 14.1. The lowest BCUT2D eigenvalue weighted by molar-refractivity contribution is -0.132. The molecule has 1 aromatic carbocycles. The van der Waals surface area contributed by atoms with Crippen LogP contribution in [0.15, 0.2) is 24.3 Å². The van der Waals surface area contributed by atoms with E-state index in [0.717, 1.165) is 28.4 Å². The highest BCUT2D eigenvalue weighted by Crippen LogP contribution is 2.33. The number of amides is 1. The van der Waals surface area contributed by atoms with Crippen molar-refractivity contribution in [3.63, 3.8) is 0 Å². The van der Waals surface area contributed by atoms with Crippen LogP contribution in [0.3, 0.4) is 0 Å². The van der Waals surface area contributed by atoms with Crippen LogP contribution in [0, 0.1) is 5.82 Å². The molecule has 1 amide bonds. The molecule has 2 heterocycles. The van der Waals surface area contributed by atoms with Gasteiger partial charge in [-0.05, 0) is 25.0 Å². The first-order valence-electron chi connectivity index (χ1n) is 8.53. The van der Waals surface area contributed by atoms with Gasteiger partial charge in [-0.15, -0.1) is 10.2 Å². The van der Waals surface area contributed by atoms with E-state index in [9.17, 15) is 17.6 Å². The Bertz CT molecular complexity index is 932. The van der Waals surface area contributed by atoms with E-state index in [1.807, 2.05) is 0 Å². The van der Waals surface area contributed by atoms with Gasteiger partial charge in [-0.3, -0.25) is 4.79 Å². The number of carbonyl (C=O) groups is 1. The number of benzene rings is 1. The van der Waals surface area contributed by atoms with Crippen LogP contribution >= 0.6 is 11.3 Å². The van der Waals surface area contributed by atoms with Gasteiger partial charge in [0.25, 0.3) is 0 Å². The number of hydrogen-bond donors (Lipinski definition) is 0. The van der Waals surface area contributed by atoms with Crippen molar-refractivity contribution in [3.05, 3.63) is 35.1 Å². The third kappa shape index (κ3) is 4.69. The Balaban J connectivity index is 1.70. The first-order valence-corrected chi connectivity index (χ1v) is 11.2. The normalized spacial score (nSPS) is 18.1. The minimum absolute atomic E-state index is 0.0178. The largest absolute Gasteiger partial charge is 0.341 e. The summed E-state index contributed by atoms with van der Waals surface area (Å²) in [6.45, 7) is 0.871. The molecule has 1 fully saturated rings. The van der Waals surface area contributed by atoms with Gasteiger partial charge in [-0.25, -0.2) is 12.8 Å². The Labute approximate surface area is 161 Å². The molecule has 0 spiro atoms. The van der Waals surface area contributed by atoms with Gasteiger partial charge in [0.05, 0.1) is 12.8 Å². The molecule has 0 N–H and O–H groups in total. The van der Waals surface area contributed by atoms with E-state index in [1.165, 1.54) is 24.5 Å². The van der Waals surface area contributed by atoms with Crippen LogP contribution in [0.1, 0.15) is 23.8 Å². The third-order valence-electron chi connectivity index (χ3n) is 4.59. The summed E-state index contributed by atoms with van der Waals surface area (Å²) in [7, 11) is -2.01. The molecule has 0 radical (unpaired) electrons. The predicted molar refractivity (Wildman–Crippen MR) is 101 cm³/mol. The van der Waals surface area contributed by atoms with Gasteiger partial charge in [0.15, 0.2) is 5.01 Å². The molecule has 2 aromatic rings. The maximum atomic E-state index is 13.9. The van der Waals surface area contributed by atoms with Crippen molar-refractivity contribution >= 4 is 27.3 Å². The van der Waals surface area contributed by atoms with E-state index in [1.54, 1.807) is 23.1 Å². The fourth-order valence-electron chi connectivity index (χ4n) is 2.96. The number of halogens is 1. The monoisotopic (exact) mass is 412 g/mol. The van der Waals surface area contributed by atoms with E-state index in [4.69, 9.17) is 0 Å². The molecule has 1 aromatic heterocycles. The summed E-state index contributed by atoms with van der Waals surface area (Å²) >= 11 is 1.33. The number of sulfonamides is 1. The molecule has 27 heavy (non-hydrogen) atoms. The lowest BCUT2D eigenvalue weighted by atomic mass is 9.99. The maximum absolute atomic E-state index is 13.9. The molecule has 1 aliphatic heterocycles. The predicted octanol–water partition coefficient (Wildman–Crippen LogP) is 1.94. The van der Waals surface area contributed by atoms with Crippen LogP contribution in [0.4, 0.5) is 4.39 Å². The second-order valence-corrected chi connectivity index (χ2v) is 9.72. The van der Waals surface area contributed by atoms with Crippen LogP contribution in [0.2, 0.25) is 0 Å². The zero-order valence-electron chi connectivity index (χ0n) is 15.1. The van der Waals surface area contributed by atoms with Crippen LogP contribution in [-0.4, -0.2) is 66.7 Å². The number of hydrogen-bond acceptors (Lipinski definition) is 6. The Morgan fingerprint density at radius 2 is 2.11 bits per heavy atom. The first-order chi connectivity index (χ1) is 12.8. The van der Waals surface area contributed by atoms with Crippen molar-refractivity contribution in [1.82, 2.24) is 19.4 Å². The Morgan fingerprint density at radius 3 is 2.81 bits per heavy atom. The first kappa shape index (κ1) is 19.8. The van der Waals surface area contributed by atoms with E-state index in [2.05, 4.69) is 10.2 Å². The molecule has 3 rings (SSSR count). The van der Waals surface area contributed by atoms with Crippen LogP contribution in [-0.2, 0) is 14.8 Å². The third-order valence-corrected chi connectivity index (χ3v) is 6.97. The van der Waals surface area contributed by atoms with Crippen molar-refractivity contribution in [3.8, 4) is 10.6 Å². The minimum atomic E-state index is -3.40. The topological polar surface area (TPSA) is 83.5 Å². The van der Waals surface area contributed by atoms with Crippen molar-refractivity contribution in [2.75, 3.05) is 32.9 Å². The molecule has 1 saturated heterocycles. The number of rotatable bonds is 5. The van der Waals surface area contributed by atoms with Crippen LogP contribution < -0.4 is 0 Å². The quantitative estimate of drug-likeness (QED) is 0.749. The zero-order valence-corrected chi connectivity index (χ0v) is 16.8. The van der Waals surface area contributed by atoms with Crippen molar-refractivity contribution in [2.24, 2.45) is 0 Å². The number of piperidine rings is 1. The van der Waals surface area contributed by atoms with Gasteiger partial charge in [-0.2, -0.15) is 4.31 Å². The average molecular weight is 413 g/mol. The molecule has 10 heteroatoms. The lowest BCUT2D eigenvalue weighted by Crippen LogP contribution is -2.44. The Kier molecular flexibility index (Phi) is 5.87. The summed E-state index contributed by atoms with van der Waals surface area (Å²) in [5.41, 5.74) is 0.416. The lowest BCUT2D eigenvalue weighted by Gasteiger charge is -2.32. The van der Waals surface area contributed by atoms with Crippen molar-refractivity contribution in [1.29, 1.82) is 0 Å². The van der Waals surface area contributed by atoms with Gasteiger partial charge < -0.3 is 4.90 Å². The fourth-order valence-corrected chi connectivity index (χ4v) is 4.30. The molecule has 0 aliphatic carbocycles. The van der Waals surface area contributed by atoms with Crippen molar-refractivity contribution in [2.45, 2.75) is 18.8 Å². The Morgan fingerprint density at radius 1 is 1.37 bits per heavy atom. The fraction of sp³-hybridized carbons (Fsp3) is 0.471. The van der Waals surface area contributed by atoms with E-state index < -0.39 is 10.0 Å². The number of likely N-dealkylation sites (N-methyl/N-ethyl adjacent to an activating group) is 1. The highest BCUT2D eigenvalue weighted by molar-refractivity contribution is 7.88. The Hall–Kier alpha value is -1.91. The molecular formula is C17H21FN4O3S2. The van der Waals surface area contributed by atoms with E-state index in [0.29, 0.717) is 23.7 Å². The smallest absolute Gasteiger partial charge is 0.237 e. The number of likely N-dealkylation sites (tertiary alicyclic amines) is 1. The van der Waals surface area contributed by atoms with Gasteiger partial charge in [-0.1, -0.05) is 23.5 Å². The summed E-state index contributed by atoms with van der Waals surface area (Å²) in [5.74, 6) is -0.555. The second kappa shape index (κ2) is 7.99. The molecule has 0 bridgehead atoms. The SMILES string of the molecule is CN(CC(=O)N1CCCC(c2nnc(-c3ccccc3F)s2)C1)S(C)(=O)=O. The van der Waals surface area contributed by atoms with E-state index >= 15 is 0 Å². The summed E-state index contributed by atoms with van der Waals surface area (Å²) < 4.78 is 38.0. The molecular weight excluding hydrogens is 391 g/mol. The van der Waals surface area contributed by atoms with Gasteiger partial charge in [0, 0.05) is 31.6 Å². The number of aromatic nitrogens is 2. The molecule has 1 unspecified atom stereocenters. The molecule has 7 nitrogen and oxygen atoms in total. The standard InChI is InChI=1S/C17H21FN4O3S2/c1-21(27(2,24)25)11-15(23)22-9-5-6-12(10-22)16-19-20-17(26-16)13-7-3-4-8-14(13)18/h3-4,7-8,12H,5-6,9-11H2,1-2H3. The summed E-state index contributed by atoms with van der Waals surface area (Å²) in [6.07, 6.45) is 2.73. The average Bonchev–Trinajstić information content (AvgIpc) is 3.11. The maximum Gasteiger partial charge on any atom is 0.237 e. The zero-order chi connectivity index (χ0) is 19.6. The molecule has 146 valence electrons. The van der Waals surface area contributed by atoms with E-state index in [-0.39, 0.29) is 24.2 Å². The number of nitrogens with zero attached hydrogens (tertiary/aromatic N) is 4. The number of carbonyl (C=O) groups excluding carboxylic acids is 1. The summed E-state index contributed by atoms with van der Waals surface area (Å²) in [6, 6.07) is 6.42. The van der Waals surface area contributed by atoms with Gasteiger partial charge in [0.1, 0.15) is 10.8 Å². The van der Waals surface area contributed by atoms with Crippen LogP contribution in [0.25, 0.3) is 10.6 Å². The summed E-state index contributed by atoms with van der Waals surface area (Å²) in [5, 5.41) is 9.60. The molecule has 1 aliphatic rings.